The maximum atomic E-state index is 12.9. The SMILES string of the molecule is CC(C)(C)OC(=O)N[C@H]1CC[C@H](Nc2cc(C(=O)O)cn(-c3cccnc3)c2=O)C1. The standard InChI is InChI=1S/C21H26N4O5/c1-21(2,3)30-20(29)24-15-7-6-14(10-15)23-17-9-13(19(27)28)12-25(18(17)26)16-5-4-8-22-11-16/h4-5,8-9,11-12,14-15,23H,6-7,10H2,1-3H3,(H,24,29)(H,27,28)/t14-,15-/m0/s1. The number of nitrogens with one attached hydrogen (secondary N) is 2. The van der Waals surface area contributed by atoms with E-state index in [-0.39, 0.29) is 28.9 Å². The minimum Gasteiger partial charge on any atom is -0.478 e. The zero-order valence-electron chi connectivity index (χ0n) is 17.2. The Morgan fingerprint density at radius 2 is 2.00 bits per heavy atom. The first kappa shape index (κ1) is 21.4. The summed E-state index contributed by atoms with van der Waals surface area (Å²) in [5, 5.41) is 15.4. The van der Waals surface area contributed by atoms with Crippen molar-refractivity contribution in [1.29, 1.82) is 0 Å². The minimum absolute atomic E-state index is 0.0117. The number of carboxylic acids is 1. The molecule has 2 atom stereocenters. The Labute approximate surface area is 174 Å². The van der Waals surface area contributed by atoms with Crippen molar-refractivity contribution in [3.05, 3.63) is 52.7 Å². The van der Waals surface area contributed by atoms with Gasteiger partial charge in [-0.15, -0.1) is 0 Å². The first-order chi connectivity index (χ1) is 14.1. The maximum absolute atomic E-state index is 12.9. The number of carbonyl (C=O) groups excluding carboxylic acids is 1. The van der Waals surface area contributed by atoms with Crippen LogP contribution in [0.1, 0.15) is 50.4 Å². The number of alkyl carbamates (subject to hydrolysis) is 1. The molecule has 1 aliphatic rings. The molecule has 3 N–H and O–H groups in total. The molecule has 0 bridgehead atoms. The Balaban J connectivity index is 1.75. The lowest BCUT2D eigenvalue weighted by atomic mass is 10.2. The van der Waals surface area contributed by atoms with E-state index in [4.69, 9.17) is 4.74 Å². The maximum Gasteiger partial charge on any atom is 0.407 e. The van der Waals surface area contributed by atoms with Crippen LogP contribution in [0.3, 0.4) is 0 Å². The van der Waals surface area contributed by atoms with Crippen LogP contribution in [0.25, 0.3) is 5.69 Å². The molecule has 0 aromatic carbocycles. The second kappa shape index (κ2) is 8.56. The summed E-state index contributed by atoms with van der Waals surface area (Å²) in [6.45, 7) is 5.40. The van der Waals surface area contributed by atoms with Crippen LogP contribution in [0.4, 0.5) is 10.5 Å². The molecule has 30 heavy (non-hydrogen) atoms. The number of aromatic carboxylic acids is 1. The second-order valence-corrected chi connectivity index (χ2v) is 8.33. The normalized spacial score (nSPS) is 18.6. The summed E-state index contributed by atoms with van der Waals surface area (Å²) in [4.78, 5) is 40.5. The van der Waals surface area contributed by atoms with Crippen LogP contribution < -0.4 is 16.2 Å². The molecule has 160 valence electrons. The zero-order chi connectivity index (χ0) is 21.9. The van der Waals surface area contributed by atoms with Crippen molar-refractivity contribution < 1.29 is 19.4 Å². The summed E-state index contributed by atoms with van der Waals surface area (Å²) in [7, 11) is 0. The van der Waals surface area contributed by atoms with Crippen molar-refractivity contribution >= 4 is 17.7 Å². The van der Waals surface area contributed by atoms with Gasteiger partial charge in [-0.1, -0.05) is 0 Å². The molecule has 2 aromatic heterocycles. The lowest BCUT2D eigenvalue weighted by Gasteiger charge is -2.22. The third kappa shape index (κ3) is 5.37. The minimum atomic E-state index is -1.13. The molecule has 1 amide bonds. The molecule has 2 aromatic rings. The van der Waals surface area contributed by atoms with Crippen molar-refractivity contribution in [1.82, 2.24) is 14.9 Å². The van der Waals surface area contributed by atoms with Crippen LogP contribution in [0.2, 0.25) is 0 Å². The highest BCUT2D eigenvalue weighted by molar-refractivity contribution is 5.88. The number of rotatable bonds is 5. The van der Waals surface area contributed by atoms with Gasteiger partial charge in [-0.3, -0.25) is 14.3 Å². The Bertz CT molecular complexity index is 981. The van der Waals surface area contributed by atoms with Gasteiger partial charge in [0.1, 0.15) is 11.3 Å². The predicted molar refractivity (Wildman–Crippen MR) is 111 cm³/mol. The predicted octanol–water partition coefficient (Wildman–Crippen LogP) is 2.79. The van der Waals surface area contributed by atoms with Gasteiger partial charge >= 0.3 is 12.1 Å². The first-order valence-corrected chi connectivity index (χ1v) is 9.79. The molecule has 3 rings (SSSR count). The Morgan fingerprint density at radius 1 is 1.27 bits per heavy atom. The lowest BCUT2D eigenvalue weighted by molar-refractivity contribution is 0.0505. The average molecular weight is 414 g/mol. The second-order valence-electron chi connectivity index (χ2n) is 8.33. The number of hydrogen-bond acceptors (Lipinski definition) is 6. The van der Waals surface area contributed by atoms with E-state index in [0.29, 0.717) is 12.1 Å². The highest BCUT2D eigenvalue weighted by atomic mass is 16.6. The number of carbonyl (C=O) groups is 2. The van der Waals surface area contributed by atoms with E-state index in [2.05, 4.69) is 15.6 Å². The molecule has 0 unspecified atom stereocenters. The third-order valence-electron chi connectivity index (χ3n) is 4.70. The number of aromatic nitrogens is 2. The van der Waals surface area contributed by atoms with E-state index in [1.807, 2.05) is 0 Å². The molecular weight excluding hydrogens is 388 g/mol. The number of carboxylic acid groups (broad SMARTS) is 1. The van der Waals surface area contributed by atoms with Crippen LogP contribution in [0, 0.1) is 0 Å². The van der Waals surface area contributed by atoms with Crippen LogP contribution in [-0.4, -0.2) is 44.4 Å². The first-order valence-electron chi connectivity index (χ1n) is 9.79. The number of amides is 1. The van der Waals surface area contributed by atoms with Crippen molar-refractivity contribution in [3.63, 3.8) is 0 Å². The summed E-state index contributed by atoms with van der Waals surface area (Å²) >= 11 is 0. The number of pyridine rings is 2. The van der Waals surface area contributed by atoms with Gasteiger partial charge < -0.3 is 20.5 Å². The van der Waals surface area contributed by atoms with Gasteiger partial charge in [-0.05, 0) is 58.2 Å². The fourth-order valence-electron chi connectivity index (χ4n) is 3.43. The quantitative estimate of drug-likeness (QED) is 0.687. The largest absolute Gasteiger partial charge is 0.478 e. The molecule has 0 aliphatic heterocycles. The summed E-state index contributed by atoms with van der Waals surface area (Å²) in [5.41, 5.74) is -0.278. The Morgan fingerprint density at radius 3 is 2.63 bits per heavy atom. The molecule has 0 radical (unpaired) electrons. The third-order valence-corrected chi connectivity index (χ3v) is 4.70. The van der Waals surface area contributed by atoms with Gasteiger partial charge in [0.15, 0.2) is 0 Å². The van der Waals surface area contributed by atoms with Gasteiger partial charge in [0.05, 0.1) is 17.4 Å². The van der Waals surface area contributed by atoms with E-state index < -0.39 is 17.7 Å². The number of nitrogens with zero attached hydrogens (tertiary/aromatic N) is 2. The van der Waals surface area contributed by atoms with Gasteiger partial charge in [-0.25, -0.2) is 9.59 Å². The summed E-state index contributed by atoms with van der Waals surface area (Å²) < 4.78 is 6.55. The lowest BCUT2D eigenvalue weighted by Crippen LogP contribution is -2.38. The van der Waals surface area contributed by atoms with Gasteiger partial charge in [0.25, 0.3) is 5.56 Å². The van der Waals surface area contributed by atoms with Crippen molar-refractivity contribution in [2.75, 3.05) is 5.32 Å². The van der Waals surface area contributed by atoms with Crippen molar-refractivity contribution in [2.24, 2.45) is 0 Å². The van der Waals surface area contributed by atoms with E-state index in [1.54, 1.807) is 39.1 Å². The monoisotopic (exact) mass is 414 g/mol. The highest BCUT2D eigenvalue weighted by Crippen LogP contribution is 2.23. The number of ether oxygens (including phenoxy) is 1. The number of anilines is 1. The van der Waals surface area contributed by atoms with Crippen LogP contribution in [0.5, 0.6) is 0 Å². The molecule has 9 heteroatoms. The number of hydrogen-bond donors (Lipinski definition) is 3. The molecular formula is C21H26N4O5. The smallest absolute Gasteiger partial charge is 0.407 e. The van der Waals surface area contributed by atoms with E-state index in [0.717, 1.165) is 12.8 Å². The Kier molecular flexibility index (Phi) is 6.09. The summed E-state index contributed by atoms with van der Waals surface area (Å²) in [6.07, 6.45) is 5.94. The molecule has 0 spiro atoms. The van der Waals surface area contributed by atoms with Crippen molar-refractivity contribution in [2.45, 2.75) is 57.7 Å². The van der Waals surface area contributed by atoms with E-state index >= 15 is 0 Å². The topological polar surface area (TPSA) is 123 Å². The zero-order valence-corrected chi connectivity index (χ0v) is 17.2. The highest BCUT2D eigenvalue weighted by Gasteiger charge is 2.28. The summed E-state index contributed by atoms with van der Waals surface area (Å²) in [5.74, 6) is -1.13. The van der Waals surface area contributed by atoms with Crippen LogP contribution in [0.15, 0.2) is 41.6 Å². The molecule has 9 nitrogen and oxygen atoms in total. The molecule has 1 aliphatic carbocycles. The van der Waals surface area contributed by atoms with Gasteiger partial charge in [0, 0.05) is 24.5 Å². The fraction of sp³-hybridized carbons (Fsp3) is 0.429. The van der Waals surface area contributed by atoms with Crippen LogP contribution in [-0.2, 0) is 4.74 Å². The van der Waals surface area contributed by atoms with Gasteiger partial charge in [-0.2, -0.15) is 0 Å². The van der Waals surface area contributed by atoms with E-state index in [1.165, 1.54) is 23.0 Å². The van der Waals surface area contributed by atoms with Gasteiger partial charge in [0.2, 0.25) is 0 Å². The van der Waals surface area contributed by atoms with E-state index in [9.17, 15) is 19.5 Å². The average Bonchev–Trinajstić information content (AvgIpc) is 3.09. The summed E-state index contributed by atoms with van der Waals surface area (Å²) in [6, 6.07) is 4.53. The molecule has 1 saturated carbocycles. The Hall–Kier alpha value is -3.36. The molecule has 2 heterocycles. The molecule has 1 fully saturated rings. The fourth-order valence-corrected chi connectivity index (χ4v) is 3.43. The van der Waals surface area contributed by atoms with Crippen LogP contribution >= 0.6 is 0 Å². The molecule has 0 saturated heterocycles. The van der Waals surface area contributed by atoms with Crippen molar-refractivity contribution in [3.8, 4) is 5.69 Å².